The molecule has 0 atom stereocenters. The predicted molar refractivity (Wildman–Crippen MR) is 71.8 cm³/mol. The first-order valence-electron chi connectivity index (χ1n) is 5.18. The van der Waals surface area contributed by atoms with Crippen molar-refractivity contribution in [3.8, 4) is 0 Å². The van der Waals surface area contributed by atoms with Gasteiger partial charge in [0.05, 0.1) is 5.75 Å². The second-order valence-corrected chi connectivity index (χ2v) is 5.36. The summed E-state index contributed by atoms with van der Waals surface area (Å²) >= 11 is 5.00. The Balaban J connectivity index is 2.04. The van der Waals surface area contributed by atoms with E-state index in [0.717, 1.165) is 27.3 Å². The van der Waals surface area contributed by atoms with Gasteiger partial charge in [-0.2, -0.15) is 4.98 Å². The maximum atomic E-state index is 5.88. The Hall–Kier alpha value is -1.01. The van der Waals surface area contributed by atoms with Gasteiger partial charge >= 0.3 is 0 Å². The van der Waals surface area contributed by atoms with E-state index in [1.807, 2.05) is 25.1 Å². The van der Waals surface area contributed by atoms with Gasteiger partial charge in [0.1, 0.15) is 0 Å². The zero-order chi connectivity index (χ0) is 12.3. The van der Waals surface area contributed by atoms with Crippen molar-refractivity contribution < 1.29 is 4.52 Å². The number of halogens is 1. The number of hydrogen-bond acceptors (Lipinski definition) is 5. The molecule has 1 aromatic heterocycles. The molecule has 4 nitrogen and oxygen atoms in total. The van der Waals surface area contributed by atoms with E-state index in [9.17, 15) is 0 Å². The average Bonchev–Trinajstić information content (AvgIpc) is 2.78. The van der Waals surface area contributed by atoms with Crippen LogP contribution < -0.4 is 5.73 Å². The van der Waals surface area contributed by atoms with Gasteiger partial charge in [-0.1, -0.05) is 28.0 Å². The van der Waals surface area contributed by atoms with Crippen LogP contribution in [0.2, 0.25) is 0 Å². The number of nitrogens with two attached hydrogens (primary N) is 1. The fourth-order valence-electron chi connectivity index (χ4n) is 1.27. The summed E-state index contributed by atoms with van der Waals surface area (Å²) < 4.78 is 6.12. The van der Waals surface area contributed by atoms with E-state index in [2.05, 4.69) is 26.1 Å². The summed E-state index contributed by atoms with van der Waals surface area (Å²) in [5, 5.41) is 3.85. The molecule has 0 saturated heterocycles. The predicted octanol–water partition coefficient (Wildman–Crippen LogP) is 3.27. The lowest BCUT2D eigenvalue weighted by Crippen LogP contribution is -1.89. The van der Waals surface area contributed by atoms with Crippen molar-refractivity contribution >= 4 is 33.4 Å². The first kappa shape index (κ1) is 12.4. The third-order valence-electron chi connectivity index (χ3n) is 2.15. The highest BCUT2D eigenvalue weighted by molar-refractivity contribution is 9.10. The van der Waals surface area contributed by atoms with Crippen molar-refractivity contribution in [3.63, 3.8) is 0 Å². The molecule has 0 bridgehead atoms. The number of hydrogen-bond donors (Lipinski definition) is 1. The molecule has 0 radical (unpaired) electrons. The zero-order valence-electron chi connectivity index (χ0n) is 9.31. The number of aromatic nitrogens is 2. The van der Waals surface area contributed by atoms with Crippen molar-refractivity contribution in [2.24, 2.45) is 0 Å². The SMILES string of the molecule is CCc1noc(CSc2cc(Br)ccc2N)n1. The summed E-state index contributed by atoms with van der Waals surface area (Å²) in [4.78, 5) is 5.25. The zero-order valence-corrected chi connectivity index (χ0v) is 11.7. The summed E-state index contributed by atoms with van der Waals surface area (Å²) in [7, 11) is 0. The van der Waals surface area contributed by atoms with Crippen LogP contribution in [0.4, 0.5) is 5.69 Å². The standard InChI is InChI=1S/C11H12BrN3OS/c1-2-10-14-11(16-15-10)6-17-9-5-7(12)3-4-8(9)13/h3-5H,2,6,13H2,1H3. The number of benzene rings is 1. The first-order valence-corrected chi connectivity index (χ1v) is 6.96. The van der Waals surface area contributed by atoms with Crippen LogP contribution in [-0.2, 0) is 12.2 Å². The van der Waals surface area contributed by atoms with Crippen LogP contribution in [0.5, 0.6) is 0 Å². The van der Waals surface area contributed by atoms with Crippen molar-refractivity contribution in [3.05, 3.63) is 34.4 Å². The Bertz CT molecular complexity index is 515. The van der Waals surface area contributed by atoms with Crippen LogP contribution in [-0.4, -0.2) is 10.1 Å². The molecule has 1 aromatic carbocycles. The summed E-state index contributed by atoms with van der Waals surface area (Å²) in [6.07, 6.45) is 0.785. The molecule has 90 valence electrons. The van der Waals surface area contributed by atoms with Crippen molar-refractivity contribution in [1.82, 2.24) is 10.1 Å². The molecule has 6 heteroatoms. The Morgan fingerprint density at radius 1 is 1.47 bits per heavy atom. The van der Waals surface area contributed by atoms with E-state index in [1.165, 1.54) is 0 Å². The minimum atomic E-state index is 0.631. The first-order chi connectivity index (χ1) is 8.19. The largest absolute Gasteiger partial charge is 0.398 e. The lowest BCUT2D eigenvalue weighted by Gasteiger charge is -2.03. The van der Waals surface area contributed by atoms with Gasteiger partial charge in [-0.05, 0) is 18.2 Å². The highest BCUT2D eigenvalue weighted by Crippen LogP contribution is 2.30. The highest BCUT2D eigenvalue weighted by atomic mass is 79.9. The maximum Gasteiger partial charge on any atom is 0.237 e. The molecular weight excluding hydrogens is 302 g/mol. The van der Waals surface area contributed by atoms with Gasteiger partial charge in [-0.25, -0.2) is 0 Å². The Morgan fingerprint density at radius 2 is 2.29 bits per heavy atom. The smallest absolute Gasteiger partial charge is 0.237 e. The number of aryl methyl sites for hydroxylation is 1. The molecule has 0 unspecified atom stereocenters. The van der Waals surface area contributed by atoms with Crippen LogP contribution in [0.3, 0.4) is 0 Å². The third-order valence-corrected chi connectivity index (χ3v) is 3.70. The summed E-state index contributed by atoms with van der Waals surface area (Å²) in [5.41, 5.74) is 6.63. The lowest BCUT2D eigenvalue weighted by atomic mass is 10.3. The maximum absolute atomic E-state index is 5.88. The molecule has 2 rings (SSSR count). The van der Waals surface area contributed by atoms with E-state index < -0.39 is 0 Å². The molecule has 0 aliphatic carbocycles. The fraction of sp³-hybridized carbons (Fsp3) is 0.273. The number of thioether (sulfide) groups is 1. The molecule has 0 spiro atoms. The normalized spacial score (nSPS) is 10.7. The van der Waals surface area contributed by atoms with Crippen LogP contribution in [0.25, 0.3) is 0 Å². The molecule has 1 heterocycles. The number of rotatable bonds is 4. The number of nitrogens with zero attached hydrogens (tertiary/aromatic N) is 2. The van der Waals surface area contributed by atoms with Gasteiger partial charge in [0.2, 0.25) is 5.89 Å². The van der Waals surface area contributed by atoms with Gasteiger partial charge in [-0.3, -0.25) is 0 Å². The second-order valence-electron chi connectivity index (χ2n) is 3.43. The molecule has 0 aliphatic heterocycles. The molecular formula is C11H12BrN3OS. The minimum absolute atomic E-state index is 0.631. The molecule has 0 fully saturated rings. The van der Waals surface area contributed by atoms with Crippen LogP contribution in [0.15, 0.2) is 32.1 Å². The summed E-state index contributed by atoms with van der Waals surface area (Å²) in [6.45, 7) is 1.99. The minimum Gasteiger partial charge on any atom is -0.398 e. The monoisotopic (exact) mass is 313 g/mol. The van der Waals surface area contributed by atoms with Gasteiger partial charge in [0, 0.05) is 21.5 Å². The van der Waals surface area contributed by atoms with Crippen LogP contribution in [0, 0.1) is 0 Å². The molecule has 17 heavy (non-hydrogen) atoms. The van der Waals surface area contributed by atoms with E-state index in [0.29, 0.717) is 11.6 Å². The van der Waals surface area contributed by atoms with Crippen LogP contribution >= 0.6 is 27.7 Å². The average molecular weight is 314 g/mol. The topological polar surface area (TPSA) is 64.9 Å². The van der Waals surface area contributed by atoms with Gasteiger partial charge in [0.25, 0.3) is 0 Å². The number of anilines is 1. The highest BCUT2D eigenvalue weighted by Gasteiger charge is 2.07. The Labute approximate surface area is 112 Å². The van der Waals surface area contributed by atoms with E-state index in [4.69, 9.17) is 10.3 Å². The third kappa shape index (κ3) is 3.23. The Kier molecular flexibility index (Phi) is 4.06. The quantitative estimate of drug-likeness (QED) is 0.693. The van der Waals surface area contributed by atoms with Crippen molar-refractivity contribution in [2.75, 3.05) is 5.73 Å². The van der Waals surface area contributed by atoms with Gasteiger partial charge in [0.15, 0.2) is 5.82 Å². The molecule has 0 saturated carbocycles. The molecule has 2 N–H and O–H groups in total. The van der Waals surface area contributed by atoms with Crippen molar-refractivity contribution in [1.29, 1.82) is 0 Å². The molecule has 0 aliphatic rings. The Morgan fingerprint density at radius 3 is 3.00 bits per heavy atom. The molecule has 0 amide bonds. The van der Waals surface area contributed by atoms with E-state index in [-0.39, 0.29) is 0 Å². The van der Waals surface area contributed by atoms with Gasteiger partial charge in [-0.15, -0.1) is 11.8 Å². The molecule has 2 aromatic rings. The fourth-order valence-corrected chi connectivity index (χ4v) is 2.62. The van der Waals surface area contributed by atoms with E-state index in [1.54, 1.807) is 11.8 Å². The lowest BCUT2D eigenvalue weighted by molar-refractivity contribution is 0.385. The van der Waals surface area contributed by atoms with Crippen LogP contribution in [0.1, 0.15) is 18.6 Å². The van der Waals surface area contributed by atoms with E-state index >= 15 is 0 Å². The van der Waals surface area contributed by atoms with Crippen molar-refractivity contribution in [2.45, 2.75) is 24.0 Å². The summed E-state index contributed by atoms with van der Waals surface area (Å²) in [6, 6.07) is 5.77. The summed E-state index contributed by atoms with van der Waals surface area (Å²) in [5.74, 6) is 2.00. The van der Waals surface area contributed by atoms with Gasteiger partial charge < -0.3 is 10.3 Å². The number of nitrogen functional groups attached to an aromatic ring is 1. The second kappa shape index (κ2) is 5.55.